The Morgan fingerprint density at radius 3 is 2.82 bits per heavy atom. The first-order valence-corrected chi connectivity index (χ1v) is 6.42. The van der Waals surface area contributed by atoms with Gasteiger partial charge in [0.1, 0.15) is 5.75 Å². The topological polar surface area (TPSA) is 30.5 Å². The zero-order chi connectivity index (χ0) is 11.9. The molecule has 1 aliphatic rings. The maximum atomic E-state index is 5.61. The first kappa shape index (κ1) is 12.4. The molecule has 0 bridgehead atoms. The molecule has 0 spiro atoms. The van der Waals surface area contributed by atoms with Gasteiger partial charge in [-0.2, -0.15) is 0 Å². The largest absolute Gasteiger partial charge is 0.494 e. The lowest BCUT2D eigenvalue weighted by Crippen LogP contribution is -2.34. The van der Waals surface area contributed by atoms with Gasteiger partial charge in [-0.15, -0.1) is 0 Å². The molecule has 0 amide bonds. The van der Waals surface area contributed by atoms with E-state index in [0.29, 0.717) is 12.6 Å². The maximum Gasteiger partial charge on any atom is 0.123 e. The molecule has 0 aromatic heterocycles. The maximum absolute atomic E-state index is 5.61. The molecule has 1 aromatic carbocycles. The van der Waals surface area contributed by atoms with Crippen LogP contribution in [-0.2, 0) is 11.3 Å². The van der Waals surface area contributed by atoms with Crippen molar-refractivity contribution in [3.05, 3.63) is 29.8 Å². The second-order valence-corrected chi connectivity index (χ2v) is 4.31. The minimum atomic E-state index is 0.582. The van der Waals surface area contributed by atoms with Crippen LogP contribution >= 0.6 is 0 Å². The summed E-state index contributed by atoms with van der Waals surface area (Å²) >= 11 is 0. The lowest BCUT2D eigenvalue weighted by Gasteiger charge is -2.23. The van der Waals surface area contributed by atoms with Crippen molar-refractivity contribution < 1.29 is 9.47 Å². The molecule has 0 unspecified atom stereocenters. The summed E-state index contributed by atoms with van der Waals surface area (Å²) in [4.78, 5) is 0. The van der Waals surface area contributed by atoms with Crippen LogP contribution in [0.25, 0.3) is 0 Å². The first-order chi connectivity index (χ1) is 8.40. The fourth-order valence-electron chi connectivity index (χ4n) is 2.10. The number of hydrogen-bond donors (Lipinski definition) is 1. The smallest absolute Gasteiger partial charge is 0.123 e. The normalized spacial score (nSPS) is 17.0. The molecule has 1 fully saturated rings. The number of rotatable bonds is 5. The zero-order valence-electron chi connectivity index (χ0n) is 10.4. The molecule has 0 aliphatic carbocycles. The summed E-state index contributed by atoms with van der Waals surface area (Å²) in [5.41, 5.74) is 1.24. The van der Waals surface area contributed by atoms with Crippen molar-refractivity contribution in [2.45, 2.75) is 32.4 Å². The van der Waals surface area contributed by atoms with Crippen molar-refractivity contribution in [1.29, 1.82) is 0 Å². The molecule has 1 N–H and O–H groups in total. The lowest BCUT2D eigenvalue weighted by atomic mass is 10.1. The Kier molecular flexibility index (Phi) is 4.83. The number of para-hydroxylation sites is 1. The molecule has 1 heterocycles. The monoisotopic (exact) mass is 235 g/mol. The van der Waals surface area contributed by atoms with Crippen LogP contribution in [0.2, 0.25) is 0 Å². The van der Waals surface area contributed by atoms with Gasteiger partial charge in [-0.05, 0) is 25.8 Å². The van der Waals surface area contributed by atoms with Gasteiger partial charge in [0.05, 0.1) is 6.61 Å². The molecule has 94 valence electrons. The van der Waals surface area contributed by atoms with E-state index in [4.69, 9.17) is 9.47 Å². The summed E-state index contributed by atoms with van der Waals surface area (Å²) in [6.45, 7) is 5.37. The summed E-state index contributed by atoms with van der Waals surface area (Å²) in [6.07, 6.45) is 2.22. The Morgan fingerprint density at radius 1 is 1.29 bits per heavy atom. The molecule has 2 rings (SSSR count). The number of hydrogen-bond acceptors (Lipinski definition) is 3. The van der Waals surface area contributed by atoms with E-state index >= 15 is 0 Å². The average Bonchev–Trinajstić information content (AvgIpc) is 2.39. The second-order valence-electron chi connectivity index (χ2n) is 4.31. The lowest BCUT2D eigenvalue weighted by molar-refractivity contribution is 0.0775. The summed E-state index contributed by atoms with van der Waals surface area (Å²) in [5, 5.41) is 3.58. The van der Waals surface area contributed by atoms with Crippen LogP contribution in [0.1, 0.15) is 25.3 Å². The van der Waals surface area contributed by atoms with Crippen molar-refractivity contribution in [3.8, 4) is 5.75 Å². The highest BCUT2D eigenvalue weighted by atomic mass is 16.5. The average molecular weight is 235 g/mol. The summed E-state index contributed by atoms with van der Waals surface area (Å²) < 4.78 is 11.0. The third-order valence-corrected chi connectivity index (χ3v) is 3.07. The van der Waals surface area contributed by atoms with Crippen LogP contribution in [0.4, 0.5) is 0 Å². The van der Waals surface area contributed by atoms with Crippen LogP contribution in [-0.4, -0.2) is 25.9 Å². The van der Waals surface area contributed by atoms with Crippen molar-refractivity contribution in [3.63, 3.8) is 0 Å². The molecule has 1 saturated heterocycles. The Balaban J connectivity index is 1.88. The Bertz CT molecular complexity index is 335. The van der Waals surface area contributed by atoms with Gasteiger partial charge in [0.25, 0.3) is 0 Å². The minimum absolute atomic E-state index is 0.582. The zero-order valence-corrected chi connectivity index (χ0v) is 10.4. The van der Waals surface area contributed by atoms with Crippen molar-refractivity contribution >= 4 is 0 Å². The summed E-state index contributed by atoms with van der Waals surface area (Å²) in [7, 11) is 0. The van der Waals surface area contributed by atoms with Gasteiger partial charge in [0.15, 0.2) is 0 Å². The molecule has 0 saturated carbocycles. The van der Waals surface area contributed by atoms with E-state index < -0.39 is 0 Å². The standard InChI is InChI=1S/C14H21NO2/c1-2-17-14-6-4-3-5-12(14)11-15-13-7-9-16-10-8-13/h3-6,13,15H,2,7-11H2,1H3. The Morgan fingerprint density at radius 2 is 2.06 bits per heavy atom. The van der Waals surface area contributed by atoms with Crippen molar-refractivity contribution in [1.82, 2.24) is 5.32 Å². The molecule has 1 aromatic rings. The highest BCUT2D eigenvalue weighted by molar-refractivity contribution is 5.33. The number of ether oxygens (including phenoxy) is 2. The Hall–Kier alpha value is -1.06. The van der Waals surface area contributed by atoms with E-state index in [9.17, 15) is 0 Å². The third-order valence-electron chi connectivity index (χ3n) is 3.07. The molecule has 1 aliphatic heterocycles. The third kappa shape index (κ3) is 3.72. The van der Waals surface area contributed by atoms with Gasteiger partial charge in [0.2, 0.25) is 0 Å². The van der Waals surface area contributed by atoms with Gasteiger partial charge in [0, 0.05) is 31.4 Å². The summed E-state index contributed by atoms with van der Waals surface area (Å²) in [5.74, 6) is 0.995. The predicted octanol–water partition coefficient (Wildman–Crippen LogP) is 2.35. The first-order valence-electron chi connectivity index (χ1n) is 6.42. The quantitative estimate of drug-likeness (QED) is 0.850. The second kappa shape index (κ2) is 6.62. The molecule has 3 heteroatoms. The fourth-order valence-corrected chi connectivity index (χ4v) is 2.10. The molecule has 0 atom stereocenters. The number of benzene rings is 1. The number of nitrogens with one attached hydrogen (secondary N) is 1. The predicted molar refractivity (Wildman–Crippen MR) is 68.3 cm³/mol. The van der Waals surface area contributed by atoms with E-state index in [1.165, 1.54) is 5.56 Å². The molecule has 3 nitrogen and oxygen atoms in total. The van der Waals surface area contributed by atoms with E-state index in [1.807, 2.05) is 19.1 Å². The van der Waals surface area contributed by atoms with E-state index in [2.05, 4.69) is 17.4 Å². The van der Waals surface area contributed by atoms with Crippen LogP contribution in [0.15, 0.2) is 24.3 Å². The van der Waals surface area contributed by atoms with Crippen LogP contribution < -0.4 is 10.1 Å². The molecule has 17 heavy (non-hydrogen) atoms. The van der Waals surface area contributed by atoms with Crippen LogP contribution in [0, 0.1) is 0 Å². The van der Waals surface area contributed by atoms with Gasteiger partial charge in [-0.25, -0.2) is 0 Å². The van der Waals surface area contributed by atoms with E-state index in [0.717, 1.165) is 38.3 Å². The van der Waals surface area contributed by atoms with E-state index in [-0.39, 0.29) is 0 Å². The molecular weight excluding hydrogens is 214 g/mol. The van der Waals surface area contributed by atoms with Crippen molar-refractivity contribution in [2.24, 2.45) is 0 Å². The van der Waals surface area contributed by atoms with Crippen LogP contribution in [0.5, 0.6) is 5.75 Å². The minimum Gasteiger partial charge on any atom is -0.494 e. The highest BCUT2D eigenvalue weighted by Gasteiger charge is 2.13. The molecular formula is C14H21NO2. The molecule has 0 radical (unpaired) electrons. The van der Waals surface area contributed by atoms with Gasteiger partial charge >= 0.3 is 0 Å². The van der Waals surface area contributed by atoms with Gasteiger partial charge in [-0.3, -0.25) is 0 Å². The van der Waals surface area contributed by atoms with E-state index in [1.54, 1.807) is 0 Å². The van der Waals surface area contributed by atoms with Gasteiger partial charge < -0.3 is 14.8 Å². The Labute approximate surface area is 103 Å². The van der Waals surface area contributed by atoms with Crippen molar-refractivity contribution in [2.75, 3.05) is 19.8 Å². The SMILES string of the molecule is CCOc1ccccc1CNC1CCOCC1. The summed E-state index contributed by atoms with van der Waals surface area (Å²) in [6, 6.07) is 8.81. The fraction of sp³-hybridized carbons (Fsp3) is 0.571. The van der Waals surface area contributed by atoms with Crippen LogP contribution in [0.3, 0.4) is 0 Å². The van der Waals surface area contributed by atoms with Gasteiger partial charge in [-0.1, -0.05) is 18.2 Å². The highest BCUT2D eigenvalue weighted by Crippen LogP contribution is 2.18.